The lowest BCUT2D eigenvalue weighted by atomic mass is 9.62. The zero-order valence-corrected chi connectivity index (χ0v) is 26.9. The highest BCUT2D eigenvalue weighted by Crippen LogP contribution is 2.47. The maximum atomic E-state index is 15.0. The van der Waals surface area contributed by atoms with Gasteiger partial charge in [-0.25, -0.2) is 14.4 Å². The Balaban J connectivity index is 1.91. The lowest BCUT2D eigenvalue weighted by Crippen LogP contribution is -2.68. The summed E-state index contributed by atoms with van der Waals surface area (Å²) in [6.07, 6.45) is 8.85. The van der Waals surface area contributed by atoms with Crippen molar-refractivity contribution < 1.29 is 28.0 Å². The molecular weight excluding hydrogens is 580 g/mol. The minimum Gasteiger partial charge on any atom is -0.450 e. The fourth-order valence-corrected chi connectivity index (χ4v) is 7.57. The van der Waals surface area contributed by atoms with Gasteiger partial charge in [-0.2, -0.15) is 0 Å². The SMILES string of the molecule is CCOC(=O)Nc1ccc(C(=O)N(CCCN(CC)CC)C(C(N)=O)(C2CCCCC2)C2CCCCC2)c2oc(=O)c(=O)oc12. The predicted molar refractivity (Wildman–Crippen MR) is 170 cm³/mol. The minimum atomic E-state index is -1.29. The number of rotatable bonds is 13. The van der Waals surface area contributed by atoms with Crippen LogP contribution in [0.25, 0.3) is 11.2 Å². The Hall–Kier alpha value is -3.67. The fourth-order valence-electron chi connectivity index (χ4n) is 7.57. The van der Waals surface area contributed by atoms with Gasteiger partial charge >= 0.3 is 17.3 Å². The van der Waals surface area contributed by atoms with Crippen molar-refractivity contribution in [3.05, 3.63) is 38.5 Å². The number of hydrogen-bond donors (Lipinski definition) is 2. The smallest absolute Gasteiger partial charge is 0.423 e. The maximum Gasteiger partial charge on any atom is 0.423 e. The van der Waals surface area contributed by atoms with Gasteiger partial charge in [0.25, 0.3) is 5.91 Å². The van der Waals surface area contributed by atoms with E-state index in [4.69, 9.17) is 19.3 Å². The number of fused-ring (bicyclic) bond motifs is 1. The first-order chi connectivity index (χ1) is 21.7. The lowest BCUT2D eigenvalue weighted by molar-refractivity contribution is -0.140. The third-order valence-electron chi connectivity index (χ3n) is 9.70. The number of carbonyl (C=O) groups excluding carboxylic acids is 3. The fraction of sp³-hybridized carbons (Fsp3) is 0.667. The van der Waals surface area contributed by atoms with E-state index in [9.17, 15) is 24.0 Å². The molecule has 3 amide bonds. The highest BCUT2D eigenvalue weighted by Gasteiger charge is 2.56. The van der Waals surface area contributed by atoms with Crippen molar-refractivity contribution in [2.45, 2.75) is 96.9 Å². The number of amides is 3. The number of nitrogens with one attached hydrogen (secondary N) is 1. The van der Waals surface area contributed by atoms with Crippen LogP contribution in [-0.4, -0.2) is 66.0 Å². The summed E-state index contributed by atoms with van der Waals surface area (Å²) in [5.74, 6) is -1.28. The third kappa shape index (κ3) is 7.26. The average Bonchev–Trinajstić information content (AvgIpc) is 3.04. The largest absolute Gasteiger partial charge is 0.450 e. The second-order valence-corrected chi connectivity index (χ2v) is 12.1. The Bertz CT molecular complexity index is 1430. The van der Waals surface area contributed by atoms with Gasteiger partial charge in [0.1, 0.15) is 5.54 Å². The van der Waals surface area contributed by atoms with Gasteiger partial charge < -0.3 is 29.1 Å². The van der Waals surface area contributed by atoms with Gasteiger partial charge in [0.05, 0.1) is 17.9 Å². The Morgan fingerprint density at radius 2 is 1.42 bits per heavy atom. The van der Waals surface area contributed by atoms with Gasteiger partial charge in [0.15, 0.2) is 11.2 Å². The first-order valence-corrected chi connectivity index (χ1v) is 16.6. The number of carbonyl (C=O) groups is 3. The molecule has 2 fully saturated rings. The average molecular weight is 629 g/mol. The third-order valence-corrected chi connectivity index (χ3v) is 9.70. The molecule has 2 aromatic rings. The van der Waals surface area contributed by atoms with E-state index in [-0.39, 0.29) is 47.4 Å². The number of ether oxygens (including phenoxy) is 1. The molecule has 45 heavy (non-hydrogen) atoms. The first kappa shape index (κ1) is 34.2. The van der Waals surface area contributed by atoms with Crippen molar-refractivity contribution in [2.75, 3.05) is 38.1 Å². The Kier molecular flexibility index (Phi) is 11.8. The van der Waals surface area contributed by atoms with Crippen LogP contribution in [0.2, 0.25) is 0 Å². The molecule has 1 heterocycles. The molecule has 0 saturated heterocycles. The standard InChI is InChI=1S/C33H48N4O8/c1-4-36(5-2)20-13-21-37(33(31(34)41,22-14-9-7-10-15-22)23-16-11-8-12-17-23)28(38)24-18-19-25(35-32(42)43-6-3)27-26(24)44-29(39)30(40)45-27/h18-19,22-23H,4-17,20-21H2,1-3H3,(H2,34,41)(H,35,42). The zero-order chi connectivity index (χ0) is 32.6. The van der Waals surface area contributed by atoms with Crippen molar-refractivity contribution in [2.24, 2.45) is 17.6 Å². The van der Waals surface area contributed by atoms with E-state index in [2.05, 4.69) is 24.1 Å². The molecule has 0 atom stereocenters. The maximum absolute atomic E-state index is 15.0. The van der Waals surface area contributed by atoms with Crippen LogP contribution in [-0.2, 0) is 9.53 Å². The quantitative estimate of drug-likeness (QED) is 0.294. The summed E-state index contributed by atoms with van der Waals surface area (Å²) in [4.78, 5) is 69.8. The second-order valence-electron chi connectivity index (χ2n) is 12.1. The van der Waals surface area contributed by atoms with Gasteiger partial charge in [0.2, 0.25) is 5.91 Å². The number of benzene rings is 1. The number of nitrogens with zero attached hydrogens (tertiary/aromatic N) is 2. The van der Waals surface area contributed by atoms with Crippen LogP contribution in [0.15, 0.2) is 30.6 Å². The van der Waals surface area contributed by atoms with E-state index in [1.807, 2.05) is 0 Å². The van der Waals surface area contributed by atoms with Crippen LogP contribution < -0.4 is 22.3 Å². The van der Waals surface area contributed by atoms with Crippen molar-refractivity contribution in [1.82, 2.24) is 9.80 Å². The molecular formula is C33H48N4O8. The number of nitrogens with two attached hydrogens (primary N) is 1. The monoisotopic (exact) mass is 628 g/mol. The van der Waals surface area contributed by atoms with Crippen molar-refractivity contribution in [1.29, 1.82) is 0 Å². The van der Waals surface area contributed by atoms with Crippen LogP contribution in [0.1, 0.15) is 102 Å². The number of hydrogen-bond acceptors (Lipinski definition) is 9. The summed E-state index contributed by atoms with van der Waals surface area (Å²) in [6, 6.07) is 2.82. The minimum absolute atomic E-state index is 0.00495. The molecule has 1 aromatic heterocycles. The second kappa shape index (κ2) is 15.6. The normalized spacial score (nSPS) is 16.5. The predicted octanol–water partition coefficient (Wildman–Crippen LogP) is 4.87. The van der Waals surface area contributed by atoms with Crippen LogP contribution in [0.5, 0.6) is 0 Å². The molecule has 0 bridgehead atoms. The molecule has 2 aliphatic rings. The Morgan fingerprint density at radius 3 is 1.93 bits per heavy atom. The number of anilines is 1. The molecule has 12 heteroatoms. The lowest BCUT2D eigenvalue weighted by Gasteiger charge is -2.53. The molecule has 0 spiro atoms. The summed E-state index contributed by atoms with van der Waals surface area (Å²) < 4.78 is 15.6. The summed E-state index contributed by atoms with van der Waals surface area (Å²) in [5.41, 5.74) is 2.01. The van der Waals surface area contributed by atoms with Crippen molar-refractivity contribution in [3.8, 4) is 0 Å². The summed E-state index contributed by atoms with van der Waals surface area (Å²) in [5, 5.41) is 2.48. The molecule has 0 radical (unpaired) electrons. The van der Waals surface area contributed by atoms with Crippen molar-refractivity contribution in [3.63, 3.8) is 0 Å². The highest BCUT2D eigenvalue weighted by atomic mass is 16.5. The molecule has 12 nitrogen and oxygen atoms in total. The van der Waals surface area contributed by atoms with Crippen LogP contribution in [0.4, 0.5) is 10.5 Å². The molecule has 3 N–H and O–H groups in total. The summed E-state index contributed by atoms with van der Waals surface area (Å²) in [7, 11) is 0. The van der Waals surface area contributed by atoms with E-state index >= 15 is 0 Å². The first-order valence-electron chi connectivity index (χ1n) is 16.6. The van der Waals surface area contributed by atoms with Crippen LogP contribution in [0, 0.1) is 11.8 Å². The molecule has 1 aromatic carbocycles. The molecule has 248 valence electrons. The topological polar surface area (TPSA) is 165 Å². The van der Waals surface area contributed by atoms with E-state index in [1.54, 1.807) is 11.8 Å². The summed E-state index contributed by atoms with van der Waals surface area (Å²) >= 11 is 0. The highest BCUT2D eigenvalue weighted by molar-refractivity contribution is 6.09. The van der Waals surface area contributed by atoms with Gasteiger partial charge in [-0.3, -0.25) is 14.9 Å². The molecule has 0 unspecified atom stereocenters. The molecule has 0 aliphatic heterocycles. The van der Waals surface area contributed by atoms with Gasteiger partial charge in [0, 0.05) is 6.54 Å². The Labute approximate surface area is 263 Å². The van der Waals surface area contributed by atoms with E-state index < -0.39 is 34.7 Å². The van der Waals surface area contributed by atoms with Crippen molar-refractivity contribution >= 4 is 34.8 Å². The van der Waals surface area contributed by atoms with Crippen LogP contribution >= 0.6 is 0 Å². The molecule has 4 rings (SSSR count). The van der Waals surface area contributed by atoms with E-state index in [0.717, 1.165) is 77.3 Å². The molecule has 2 saturated carbocycles. The van der Waals surface area contributed by atoms with E-state index in [1.165, 1.54) is 12.1 Å². The van der Waals surface area contributed by atoms with E-state index in [0.29, 0.717) is 13.0 Å². The van der Waals surface area contributed by atoms with Gasteiger partial charge in [-0.15, -0.1) is 0 Å². The van der Waals surface area contributed by atoms with Gasteiger partial charge in [-0.05, 0) is 82.6 Å². The van der Waals surface area contributed by atoms with Gasteiger partial charge in [-0.1, -0.05) is 52.4 Å². The zero-order valence-electron chi connectivity index (χ0n) is 26.9. The summed E-state index contributed by atoms with van der Waals surface area (Å²) in [6.45, 7) is 8.57. The Morgan fingerprint density at radius 1 is 0.867 bits per heavy atom. The molecule has 2 aliphatic carbocycles. The number of primary amides is 1. The van der Waals surface area contributed by atoms with Crippen LogP contribution in [0.3, 0.4) is 0 Å².